The molecule has 6 heteroatoms. The summed E-state index contributed by atoms with van der Waals surface area (Å²) in [4.78, 5) is 24.2. The van der Waals surface area contributed by atoms with E-state index in [1.807, 2.05) is 25.3 Å². The fraction of sp³-hybridized carbons (Fsp3) is 0.185. The normalized spacial score (nSPS) is 15.1. The van der Waals surface area contributed by atoms with Crippen LogP contribution in [0, 0.1) is 19.7 Å². The summed E-state index contributed by atoms with van der Waals surface area (Å²) in [5.41, 5.74) is 4.27. The van der Waals surface area contributed by atoms with Crippen LogP contribution in [0.4, 0.5) is 5.69 Å². The van der Waals surface area contributed by atoms with Crippen LogP contribution in [0.15, 0.2) is 77.9 Å². The predicted octanol–water partition coefficient (Wildman–Crippen LogP) is 6.10. The first kappa shape index (κ1) is 23.1. The molecule has 0 spiro atoms. The molecule has 162 valence electrons. The zero-order valence-electron chi connectivity index (χ0n) is 18.9. The van der Waals surface area contributed by atoms with Gasteiger partial charge in [-0.2, -0.15) is 9.69 Å². The van der Waals surface area contributed by atoms with Gasteiger partial charge in [-0.3, -0.25) is 0 Å². The second-order valence-corrected chi connectivity index (χ2v) is 7.91. The van der Waals surface area contributed by atoms with Crippen molar-refractivity contribution in [3.63, 3.8) is 0 Å². The molecule has 1 heterocycles. The predicted molar refractivity (Wildman–Crippen MR) is 129 cm³/mol. The fourth-order valence-electron chi connectivity index (χ4n) is 4.06. The maximum atomic E-state index is 11.8. The molecule has 0 atom stereocenters. The minimum absolute atomic E-state index is 0.176. The molecule has 1 aliphatic rings. The molecule has 6 nitrogen and oxygen atoms in total. The van der Waals surface area contributed by atoms with Gasteiger partial charge >= 0.3 is 11.8 Å². The number of rotatable bonds is 4. The Hall–Kier alpha value is -4.60. The molecule has 2 aromatic carbocycles. The van der Waals surface area contributed by atoms with E-state index in [9.17, 15) is 4.79 Å². The smallest absolute Gasteiger partial charge is 0.465 e. The number of anilines is 1. The van der Waals surface area contributed by atoms with Crippen molar-refractivity contribution in [2.75, 3.05) is 19.1 Å². The molecule has 0 radical (unpaired) electrons. The average Bonchev–Trinajstić information content (AvgIpc) is 3.03. The minimum atomic E-state index is -0.487. The van der Waals surface area contributed by atoms with E-state index in [0.717, 1.165) is 11.4 Å². The molecule has 0 saturated carbocycles. The Morgan fingerprint density at radius 2 is 1.58 bits per heavy atom. The lowest BCUT2D eigenvalue weighted by molar-refractivity contribution is 0.0600. The SMILES string of the molecule is [C-]#[N+]C([N+]#[C-])=C(/C(=C/C=C1/N(C)c2ccccc2C1(C)C)[N+]#[C-])c1ccc(C(=O)OC)cc1. The van der Waals surface area contributed by atoms with Gasteiger partial charge in [0, 0.05) is 23.8 Å². The van der Waals surface area contributed by atoms with Gasteiger partial charge in [0.1, 0.15) is 13.1 Å². The van der Waals surface area contributed by atoms with Crippen LogP contribution in [-0.2, 0) is 10.2 Å². The minimum Gasteiger partial charge on any atom is -0.465 e. The maximum absolute atomic E-state index is 11.8. The number of methoxy groups -OCH3 is 1. The van der Waals surface area contributed by atoms with Gasteiger partial charge in [0.25, 0.3) is 0 Å². The van der Waals surface area contributed by atoms with E-state index < -0.39 is 5.97 Å². The molecule has 3 rings (SSSR count). The van der Waals surface area contributed by atoms with Crippen molar-refractivity contribution in [1.29, 1.82) is 0 Å². The number of hydrogen-bond acceptors (Lipinski definition) is 3. The average molecular weight is 434 g/mol. The Bertz CT molecular complexity index is 1310. The lowest BCUT2D eigenvalue weighted by atomic mass is 9.83. The van der Waals surface area contributed by atoms with Gasteiger partial charge in [0.2, 0.25) is 0 Å². The maximum Gasteiger partial charge on any atom is 0.516 e. The highest BCUT2D eigenvalue weighted by atomic mass is 16.5. The van der Waals surface area contributed by atoms with Crippen molar-refractivity contribution in [3.05, 3.63) is 129 Å². The number of ether oxygens (including phenoxy) is 1. The van der Waals surface area contributed by atoms with E-state index in [1.54, 1.807) is 30.3 Å². The third kappa shape index (κ3) is 4.13. The quantitative estimate of drug-likeness (QED) is 0.332. The van der Waals surface area contributed by atoms with Gasteiger partial charge in [0.15, 0.2) is 5.70 Å². The molecule has 0 fully saturated rings. The zero-order chi connectivity index (χ0) is 24.2. The number of para-hydroxylation sites is 1. The van der Waals surface area contributed by atoms with Crippen LogP contribution in [0.25, 0.3) is 20.1 Å². The molecule has 0 amide bonds. The largest absolute Gasteiger partial charge is 0.516 e. The highest BCUT2D eigenvalue weighted by molar-refractivity contribution is 5.91. The number of hydrogen-bond donors (Lipinski definition) is 0. The van der Waals surface area contributed by atoms with E-state index >= 15 is 0 Å². The van der Waals surface area contributed by atoms with Gasteiger partial charge in [0.05, 0.1) is 24.8 Å². The van der Waals surface area contributed by atoms with Crippen molar-refractivity contribution in [3.8, 4) is 0 Å². The summed E-state index contributed by atoms with van der Waals surface area (Å²) < 4.78 is 4.73. The van der Waals surface area contributed by atoms with Gasteiger partial charge < -0.3 is 9.64 Å². The number of carbonyl (C=O) groups is 1. The number of fused-ring (bicyclic) bond motifs is 1. The van der Waals surface area contributed by atoms with Crippen LogP contribution >= 0.6 is 0 Å². The summed E-state index contributed by atoms with van der Waals surface area (Å²) in [5.74, 6) is -0.691. The van der Waals surface area contributed by atoms with Crippen LogP contribution in [-0.4, -0.2) is 20.1 Å². The van der Waals surface area contributed by atoms with Crippen LogP contribution < -0.4 is 4.90 Å². The fourth-order valence-corrected chi connectivity index (χ4v) is 4.06. The molecule has 33 heavy (non-hydrogen) atoms. The second kappa shape index (κ2) is 9.27. The van der Waals surface area contributed by atoms with Gasteiger partial charge in [-0.25, -0.2) is 9.64 Å². The van der Waals surface area contributed by atoms with E-state index in [0.29, 0.717) is 11.1 Å². The molecular weight excluding hydrogens is 412 g/mol. The Kier molecular flexibility index (Phi) is 6.48. The Morgan fingerprint density at radius 1 is 0.970 bits per heavy atom. The van der Waals surface area contributed by atoms with Crippen LogP contribution in [0.5, 0.6) is 0 Å². The number of carbonyl (C=O) groups excluding carboxylic acids is 1. The van der Waals surface area contributed by atoms with Gasteiger partial charge in [-0.1, -0.05) is 56.3 Å². The van der Waals surface area contributed by atoms with Crippen molar-refractivity contribution in [2.45, 2.75) is 19.3 Å². The molecule has 0 N–H and O–H groups in total. The molecule has 0 aromatic heterocycles. The lowest BCUT2D eigenvalue weighted by Crippen LogP contribution is -2.22. The van der Waals surface area contributed by atoms with E-state index in [2.05, 4.69) is 45.4 Å². The molecule has 1 aliphatic heterocycles. The monoisotopic (exact) mass is 434 g/mol. The zero-order valence-corrected chi connectivity index (χ0v) is 18.9. The first-order chi connectivity index (χ1) is 15.8. The number of benzene rings is 2. The summed E-state index contributed by atoms with van der Waals surface area (Å²) in [6.07, 6.45) is 3.54. The Morgan fingerprint density at radius 3 is 2.12 bits per heavy atom. The van der Waals surface area contributed by atoms with E-state index in [-0.39, 0.29) is 22.5 Å². The third-order valence-electron chi connectivity index (χ3n) is 5.75. The Balaban J connectivity index is 2.13. The summed E-state index contributed by atoms with van der Waals surface area (Å²) >= 11 is 0. The second-order valence-electron chi connectivity index (χ2n) is 7.91. The molecular formula is C27H22N4O2. The van der Waals surface area contributed by atoms with Crippen molar-refractivity contribution >= 4 is 17.2 Å². The molecule has 2 aromatic rings. The van der Waals surface area contributed by atoms with Crippen LogP contribution in [0.3, 0.4) is 0 Å². The third-order valence-corrected chi connectivity index (χ3v) is 5.75. The number of esters is 1. The van der Waals surface area contributed by atoms with Gasteiger partial charge in [-0.05, 0) is 29.3 Å². The molecule has 0 bridgehead atoms. The van der Waals surface area contributed by atoms with Crippen LogP contribution in [0.2, 0.25) is 0 Å². The summed E-state index contributed by atoms with van der Waals surface area (Å²) in [5, 5.41) is 0. The first-order valence-corrected chi connectivity index (χ1v) is 10.1. The van der Waals surface area contributed by atoms with Crippen LogP contribution in [0.1, 0.15) is 35.3 Å². The number of likely N-dealkylation sites (N-methyl/N-ethyl adjacent to an activating group) is 1. The highest BCUT2D eigenvalue weighted by Crippen LogP contribution is 2.46. The van der Waals surface area contributed by atoms with E-state index in [4.69, 9.17) is 24.5 Å². The standard InChI is InChI=1S/C27H22N4O2/c1-27(2)20-10-8-9-11-22(20)31(6)23(27)17-16-21(28-3)24(25(29-4)30-5)18-12-14-19(15-13-18)26(32)33-7/h8-17H,1-2,6-7H3/b21-16-,23-17+. The summed E-state index contributed by atoms with van der Waals surface area (Å²) in [7, 11) is 3.28. The first-order valence-electron chi connectivity index (χ1n) is 10.1. The summed E-state index contributed by atoms with van der Waals surface area (Å²) in [6.45, 7) is 26.9. The number of allylic oxidation sites excluding steroid dienone is 4. The van der Waals surface area contributed by atoms with Crippen molar-refractivity contribution in [2.24, 2.45) is 0 Å². The topological polar surface area (TPSA) is 42.6 Å². The molecule has 0 unspecified atom stereocenters. The molecule has 0 aliphatic carbocycles. The van der Waals surface area contributed by atoms with Gasteiger partial charge in [-0.15, -0.1) is 0 Å². The van der Waals surface area contributed by atoms with Crippen molar-refractivity contribution < 1.29 is 9.53 Å². The van der Waals surface area contributed by atoms with E-state index in [1.165, 1.54) is 12.7 Å². The number of nitrogens with zero attached hydrogens (tertiary/aromatic N) is 4. The van der Waals surface area contributed by atoms with Crippen molar-refractivity contribution in [1.82, 2.24) is 0 Å². The Labute approximate surface area is 194 Å². The lowest BCUT2D eigenvalue weighted by Gasteiger charge is -2.23. The molecule has 0 saturated heterocycles. The highest BCUT2D eigenvalue weighted by Gasteiger charge is 2.37. The summed E-state index contributed by atoms with van der Waals surface area (Å²) in [6, 6.07) is 14.5.